The molecule has 5 heteroatoms. The molecule has 2 aromatic rings. The highest BCUT2D eigenvalue weighted by Gasteiger charge is 2.33. The van der Waals surface area contributed by atoms with Gasteiger partial charge in [-0.3, -0.25) is 9.48 Å². The first-order valence-corrected chi connectivity index (χ1v) is 9.75. The average Bonchev–Trinajstić information content (AvgIpc) is 3.04. The van der Waals surface area contributed by atoms with Crippen molar-refractivity contribution in [1.82, 2.24) is 14.7 Å². The van der Waals surface area contributed by atoms with E-state index in [-0.39, 0.29) is 5.91 Å². The zero-order valence-electron chi connectivity index (χ0n) is 15.3. The second-order valence-corrected chi connectivity index (χ2v) is 7.71. The summed E-state index contributed by atoms with van der Waals surface area (Å²) in [6.07, 6.45) is 9.74. The van der Waals surface area contributed by atoms with Crippen molar-refractivity contribution < 1.29 is 4.79 Å². The van der Waals surface area contributed by atoms with Crippen molar-refractivity contribution in [2.75, 3.05) is 6.54 Å². The lowest BCUT2D eigenvalue weighted by atomic mass is 9.84. The standard InChI is InChI=1S/C21H24ClN3O/c1-14-16(9-5-10-18(14)22)20-17(13-23-24(20)2)21(26)25-12-6-8-15-7-3-4-11-19(15)25/h5,9-11,13,15H,3-4,6-8,12H2,1-2H3. The van der Waals surface area contributed by atoms with E-state index in [1.807, 2.05) is 37.1 Å². The first-order valence-electron chi connectivity index (χ1n) is 9.37. The minimum absolute atomic E-state index is 0.0605. The zero-order chi connectivity index (χ0) is 18.3. The summed E-state index contributed by atoms with van der Waals surface area (Å²) in [7, 11) is 1.88. The van der Waals surface area contributed by atoms with Crippen LogP contribution in [-0.4, -0.2) is 27.1 Å². The predicted octanol–water partition coefficient (Wildman–Crippen LogP) is 4.97. The van der Waals surface area contributed by atoms with Gasteiger partial charge in [-0.05, 0) is 56.6 Å². The minimum Gasteiger partial charge on any atom is -0.312 e. The minimum atomic E-state index is 0.0605. The first-order chi connectivity index (χ1) is 12.6. The molecule has 0 saturated carbocycles. The number of carbonyl (C=O) groups excluding carboxylic acids is 1. The van der Waals surface area contributed by atoms with E-state index < -0.39 is 0 Å². The number of likely N-dealkylation sites (tertiary alicyclic amines) is 1. The van der Waals surface area contributed by atoms with Crippen LogP contribution in [-0.2, 0) is 7.05 Å². The quantitative estimate of drug-likeness (QED) is 0.749. The molecule has 1 amide bonds. The fourth-order valence-electron chi connectivity index (χ4n) is 4.32. The van der Waals surface area contributed by atoms with Crippen molar-refractivity contribution in [2.45, 2.75) is 39.0 Å². The van der Waals surface area contributed by atoms with Crippen molar-refractivity contribution in [3.63, 3.8) is 0 Å². The summed E-state index contributed by atoms with van der Waals surface area (Å²) < 4.78 is 1.78. The third kappa shape index (κ3) is 2.86. The van der Waals surface area contributed by atoms with Crippen LogP contribution in [0.3, 0.4) is 0 Å². The Morgan fingerprint density at radius 2 is 2.08 bits per heavy atom. The largest absolute Gasteiger partial charge is 0.312 e. The van der Waals surface area contributed by atoms with Crippen LogP contribution < -0.4 is 0 Å². The molecule has 4 rings (SSSR count). The lowest BCUT2D eigenvalue weighted by Crippen LogP contribution is -2.39. The van der Waals surface area contributed by atoms with E-state index in [4.69, 9.17) is 11.6 Å². The predicted molar refractivity (Wildman–Crippen MR) is 104 cm³/mol. The molecule has 1 fully saturated rings. The normalized spacial score (nSPS) is 19.9. The number of aromatic nitrogens is 2. The number of aryl methyl sites for hydroxylation is 1. The Morgan fingerprint density at radius 1 is 1.27 bits per heavy atom. The van der Waals surface area contributed by atoms with Crippen molar-refractivity contribution in [3.05, 3.63) is 52.3 Å². The van der Waals surface area contributed by atoms with E-state index in [0.29, 0.717) is 16.5 Å². The molecule has 2 heterocycles. The van der Waals surface area contributed by atoms with Crippen molar-refractivity contribution >= 4 is 17.5 Å². The van der Waals surface area contributed by atoms with Crippen molar-refractivity contribution in [3.8, 4) is 11.3 Å². The van der Waals surface area contributed by atoms with Gasteiger partial charge in [0.15, 0.2) is 0 Å². The van der Waals surface area contributed by atoms with Crippen LogP contribution in [0.15, 0.2) is 36.2 Å². The number of fused-ring (bicyclic) bond motifs is 1. The highest BCUT2D eigenvalue weighted by Crippen LogP contribution is 2.37. The SMILES string of the molecule is Cc1c(Cl)cccc1-c1c(C(=O)N2CCCC3CCCC=C32)cnn1C. The van der Waals surface area contributed by atoms with Crippen LogP contribution >= 0.6 is 11.6 Å². The number of amides is 1. The monoisotopic (exact) mass is 369 g/mol. The molecule has 136 valence electrons. The van der Waals surface area contributed by atoms with Gasteiger partial charge in [-0.15, -0.1) is 0 Å². The highest BCUT2D eigenvalue weighted by molar-refractivity contribution is 6.31. The number of rotatable bonds is 2. The lowest BCUT2D eigenvalue weighted by Gasteiger charge is -2.38. The molecule has 4 nitrogen and oxygen atoms in total. The summed E-state index contributed by atoms with van der Waals surface area (Å²) in [4.78, 5) is 15.5. The Bertz CT molecular complexity index is 883. The third-order valence-electron chi connectivity index (χ3n) is 5.71. The summed E-state index contributed by atoms with van der Waals surface area (Å²) in [5.41, 5.74) is 4.66. The van der Waals surface area contributed by atoms with E-state index in [1.54, 1.807) is 10.9 Å². The van der Waals surface area contributed by atoms with Crippen LogP contribution in [0.2, 0.25) is 5.02 Å². The number of nitrogens with zero attached hydrogens (tertiary/aromatic N) is 3. The van der Waals surface area contributed by atoms with Gasteiger partial charge in [-0.1, -0.05) is 29.8 Å². The number of benzene rings is 1. The van der Waals surface area contributed by atoms with Gasteiger partial charge in [0.05, 0.1) is 17.5 Å². The van der Waals surface area contributed by atoms with Crippen LogP contribution in [0, 0.1) is 12.8 Å². The number of hydrogen-bond acceptors (Lipinski definition) is 2. The Balaban J connectivity index is 1.76. The summed E-state index contributed by atoms with van der Waals surface area (Å²) in [5, 5.41) is 5.09. The molecule has 1 aromatic carbocycles. The molecule has 0 spiro atoms. The van der Waals surface area contributed by atoms with Crippen LogP contribution in [0.25, 0.3) is 11.3 Å². The van der Waals surface area contributed by atoms with Gasteiger partial charge in [-0.25, -0.2) is 0 Å². The molecule has 0 radical (unpaired) electrons. The second kappa shape index (κ2) is 6.92. The molecule has 1 aliphatic carbocycles. The van der Waals surface area contributed by atoms with Crippen LogP contribution in [0.4, 0.5) is 0 Å². The van der Waals surface area contributed by atoms with Crippen molar-refractivity contribution in [1.29, 1.82) is 0 Å². The lowest BCUT2D eigenvalue weighted by molar-refractivity contribution is 0.0749. The first kappa shape index (κ1) is 17.3. The van der Waals surface area contributed by atoms with Gasteiger partial charge in [0.25, 0.3) is 5.91 Å². The molecule has 1 aromatic heterocycles. The van der Waals surface area contributed by atoms with Gasteiger partial charge < -0.3 is 4.90 Å². The molecule has 1 atom stereocenters. The van der Waals surface area contributed by atoms with Gasteiger partial charge in [-0.2, -0.15) is 5.10 Å². The number of halogens is 1. The maximum atomic E-state index is 13.5. The van der Waals surface area contributed by atoms with Crippen LogP contribution in [0.5, 0.6) is 0 Å². The summed E-state index contributed by atoms with van der Waals surface area (Å²) in [5.74, 6) is 0.597. The Labute approximate surface area is 159 Å². The molecule has 0 N–H and O–H groups in total. The molecular weight excluding hydrogens is 346 g/mol. The highest BCUT2D eigenvalue weighted by atomic mass is 35.5. The second-order valence-electron chi connectivity index (χ2n) is 7.30. The summed E-state index contributed by atoms with van der Waals surface area (Å²) >= 11 is 6.32. The smallest absolute Gasteiger partial charge is 0.261 e. The third-order valence-corrected chi connectivity index (χ3v) is 6.12. The number of piperidine rings is 1. The number of hydrogen-bond donors (Lipinski definition) is 0. The van der Waals surface area contributed by atoms with Gasteiger partial charge in [0.2, 0.25) is 0 Å². The van der Waals surface area contributed by atoms with Gasteiger partial charge in [0.1, 0.15) is 0 Å². The van der Waals surface area contributed by atoms with E-state index in [0.717, 1.165) is 36.2 Å². The average molecular weight is 370 g/mol. The Morgan fingerprint density at radius 3 is 2.92 bits per heavy atom. The fraction of sp³-hybridized carbons (Fsp3) is 0.429. The van der Waals surface area contributed by atoms with Crippen molar-refractivity contribution in [2.24, 2.45) is 13.0 Å². The van der Waals surface area contributed by atoms with E-state index in [2.05, 4.69) is 11.2 Å². The van der Waals surface area contributed by atoms with Gasteiger partial charge >= 0.3 is 0 Å². The maximum Gasteiger partial charge on any atom is 0.261 e. The Kier molecular flexibility index (Phi) is 4.62. The van der Waals surface area contributed by atoms with E-state index in [9.17, 15) is 4.79 Å². The topological polar surface area (TPSA) is 38.1 Å². The molecule has 0 bridgehead atoms. The molecule has 1 unspecified atom stereocenters. The molecule has 26 heavy (non-hydrogen) atoms. The summed E-state index contributed by atoms with van der Waals surface area (Å²) in [6.45, 7) is 2.78. The molecular formula is C21H24ClN3O. The van der Waals surface area contributed by atoms with Crippen LogP contribution in [0.1, 0.15) is 48.0 Å². The molecule has 1 aliphatic heterocycles. The van der Waals surface area contributed by atoms with E-state index in [1.165, 1.54) is 25.0 Å². The summed E-state index contributed by atoms with van der Waals surface area (Å²) in [6, 6.07) is 5.81. The number of allylic oxidation sites excluding steroid dienone is 2. The maximum absolute atomic E-state index is 13.5. The zero-order valence-corrected chi connectivity index (χ0v) is 16.1. The molecule has 2 aliphatic rings. The van der Waals surface area contributed by atoms with E-state index >= 15 is 0 Å². The molecule has 1 saturated heterocycles. The van der Waals surface area contributed by atoms with Gasteiger partial charge in [0, 0.05) is 29.9 Å². The Hall–Kier alpha value is -2.07. The fourth-order valence-corrected chi connectivity index (χ4v) is 4.49. The number of carbonyl (C=O) groups is 1.